The predicted molar refractivity (Wildman–Crippen MR) is 135 cm³/mol. The van der Waals surface area contributed by atoms with Gasteiger partial charge in [0.15, 0.2) is 17.3 Å². The number of aliphatic imine (C=N–C) groups is 1. The number of rotatable bonds is 8. The first-order valence-electron chi connectivity index (χ1n) is 12.3. The lowest BCUT2D eigenvalue weighted by Crippen LogP contribution is -2.38. The lowest BCUT2D eigenvalue weighted by atomic mass is 9.69. The number of ketones is 1. The quantitative estimate of drug-likeness (QED) is 0.345. The molecule has 0 saturated carbocycles. The second kappa shape index (κ2) is 11.1. The van der Waals surface area contributed by atoms with E-state index in [1.54, 1.807) is 39.3 Å². The van der Waals surface area contributed by atoms with Crippen molar-refractivity contribution >= 4 is 17.5 Å². The molecule has 0 amide bonds. The molecule has 0 bridgehead atoms. The summed E-state index contributed by atoms with van der Waals surface area (Å²) in [5, 5.41) is 0. The maximum Gasteiger partial charge on any atom is 0.315 e. The lowest BCUT2D eigenvalue weighted by molar-refractivity contribution is -0.146. The summed E-state index contributed by atoms with van der Waals surface area (Å²) in [6.45, 7) is 4.05. The molecule has 0 radical (unpaired) electrons. The van der Waals surface area contributed by atoms with Crippen LogP contribution in [0.25, 0.3) is 0 Å². The summed E-state index contributed by atoms with van der Waals surface area (Å²) in [6, 6.07) is 11.9. The van der Waals surface area contributed by atoms with E-state index in [-0.39, 0.29) is 24.7 Å². The second-order valence-corrected chi connectivity index (χ2v) is 9.25. The molecule has 1 heterocycles. The van der Waals surface area contributed by atoms with Gasteiger partial charge in [-0.3, -0.25) is 14.6 Å². The minimum Gasteiger partial charge on any atom is -0.493 e. The molecular formula is C29H32FNO5. The van der Waals surface area contributed by atoms with Gasteiger partial charge in [-0.25, -0.2) is 4.39 Å². The SMILES string of the molecule is CCCCOC(=O)C1C(C)=NC2=C(C(=O)C[C@H](c3ccc(OC)c(OC)c3)C2)[C@H]1c1ccccc1F. The number of esters is 1. The van der Waals surface area contributed by atoms with E-state index < -0.39 is 23.6 Å². The lowest BCUT2D eigenvalue weighted by Gasteiger charge is -2.36. The van der Waals surface area contributed by atoms with Crippen molar-refractivity contribution in [2.75, 3.05) is 20.8 Å². The molecule has 36 heavy (non-hydrogen) atoms. The van der Waals surface area contributed by atoms with Crippen molar-refractivity contribution in [2.24, 2.45) is 10.9 Å². The third kappa shape index (κ3) is 4.92. The Morgan fingerprint density at radius 1 is 1.08 bits per heavy atom. The maximum atomic E-state index is 15.1. The van der Waals surface area contributed by atoms with Crippen LogP contribution in [0.4, 0.5) is 4.39 Å². The average Bonchev–Trinajstić information content (AvgIpc) is 2.87. The van der Waals surface area contributed by atoms with Gasteiger partial charge in [-0.1, -0.05) is 37.6 Å². The molecule has 6 nitrogen and oxygen atoms in total. The summed E-state index contributed by atoms with van der Waals surface area (Å²) in [6.07, 6.45) is 2.34. The number of carbonyl (C=O) groups excluding carboxylic acids is 2. The Morgan fingerprint density at radius 3 is 2.53 bits per heavy atom. The number of unbranched alkanes of at least 4 members (excludes halogenated alkanes) is 1. The summed E-state index contributed by atoms with van der Waals surface area (Å²) in [5.74, 6) is -1.60. The van der Waals surface area contributed by atoms with Crippen LogP contribution in [0.1, 0.15) is 62.5 Å². The molecule has 2 aromatic rings. The van der Waals surface area contributed by atoms with Crippen LogP contribution in [-0.4, -0.2) is 38.3 Å². The summed E-state index contributed by atoms with van der Waals surface area (Å²) in [5.41, 5.74) is 2.80. The molecule has 1 aliphatic carbocycles. The Morgan fingerprint density at radius 2 is 1.83 bits per heavy atom. The van der Waals surface area contributed by atoms with Gasteiger partial charge in [-0.2, -0.15) is 0 Å². The van der Waals surface area contributed by atoms with E-state index in [1.165, 1.54) is 6.07 Å². The topological polar surface area (TPSA) is 74.2 Å². The summed E-state index contributed by atoms with van der Waals surface area (Å²) >= 11 is 0. The zero-order valence-corrected chi connectivity index (χ0v) is 21.2. The van der Waals surface area contributed by atoms with Crippen molar-refractivity contribution in [3.05, 3.63) is 70.7 Å². The number of carbonyl (C=O) groups is 2. The molecule has 0 fully saturated rings. The van der Waals surface area contributed by atoms with Crippen LogP contribution in [0.3, 0.4) is 0 Å². The average molecular weight is 494 g/mol. The van der Waals surface area contributed by atoms with Gasteiger partial charge >= 0.3 is 5.97 Å². The van der Waals surface area contributed by atoms with Crippen LogP contribution in [0.2, 0.25) is 0 Å². The molecule has 2 aromatic carbocycles. The van der Waals surface area contributed by atoms with E-state index in [0.29, 0.717) is 40.5 Å². The Kier molecular flexibility index (Phi) is 7.87. The monoisotopic (exact) mass is 493 g/mol. The number of hydrogen-bond acceptors (Lipinski definition) is 6. The van der Waals surface area contributed by atoms with Crippen LogP contribution >= 0.6 is 0 Å². The standard InChI is InChI=1S/C29H32FNO5/c1-5-6-13-36-29(33)26-17(2)31-22-14-19(18-11-12-24(34-3)25(16-18)35-4)15-23(32)28(22)27(26)20-9-7-8-10-21(20)30/h7-12,16,19,26-27H,5-6,13-15H2,1-4H3/t19-,26?,27+/m1/s1. The summed E-state index contributed by atoms with van der Waals surface area (Å²) < 4.78 is 31.4. The first kappa shape index (κ1) is 25.6. The molecule has 1 aliphatic heterocycles. The molecular weight excluding hydrogens is 461 g/mol. The number of methoxy groups -OCH3 is 2. The smallest absolute Gasteiger partial charge is 0.315 e. The van der Waals surface area contributed by atoms with Crippen LogP contribution < -0.4 is 9.47 Å². The highest BCUT2D eigenvalue weighted by Gasteiger charge is 2.45. The van der Waals surface area contributed by atoms with Gasteiger partial charge in [-0.05, 0) is 55.0 Å². The zero-order chi connectivity index (χ0) is 25.8. The van der Waals surface area contributed by atoms with Gasteiger partial charge in [-0.15, -0.1) is 0 Å². The normalized spacial score (nSPS) is 21.5. The Bertz CT molecular complexity index is 1220. The number of halogens is 1. The summed E-state index contributed by atoms with van der Waals surface area (Å²) in [7, 11) is 3.15. The summed E-state index contributed by atoms with van der Waals surface area (Å²) in [4.78, 5) is 31.6. The molecule has 190 valence electrons. The van der Waals surface area contributed by atoms with Crippen molar-refractivity contribution in [3.63, 3.8) is 0 Å². The first-order chi connectivity index (χ1) is 17.4. The van der Waals surface area contributed by atoms with E-state index in [9.17, 15) is 9.59 Å². The van der Waals surface area contributed by atoms with Gasteiger partial charge in [0.05, 0.1) is 20.8 Å². The number of benzene rings is 2. The fourth-order valence-corrected chi connectivity index (χ4v) is 5.18. The van der Waals surface area contributed by atoms with E-state index in [0.717, 1.165) is 18.4 Å². The highest BCUT2D eigenvalue weighted by molar-refractivity contribution is 6.09. The third-order valence-electron chi connectivity index (χ3n) is 7.00. The molecule has 0 aromatic heterocycles. The minimum absolute atomic E-state index is 0.123. The fraction of sp³-hybridized carbons (Fsp3) is 0.414. The highest BCUT2D eigenvalue weighted by Crippen LogP contribution is 2.48. The van der Waals surface area contributed by atoms with Crippen LogP contribution in [0.5, 0.6) is 11.5 Å². The fourth-order valence-electron chi connectivity index (χ4n) is 5.18. The number of allylic oxidation sites excluding steroid dienone is 2. The van der Waals surface area contributed by atoms with Crippen LogP contribution in [0, 0.1) is 11.7 Å². The van der Waals surface area contributed by atoms with Gasteiger partial charge in [0.2, 0.25) is 0 Å². The number of Topliss-reactive ketones (excluding diaryl/α,β-unsaturated/α-hetero) is 1. The van der Waals surface area contributed by atoms with Gasteiger partial charge < -0.3 is 14.2 Å². The van der Waals surface area contributed by atoms with Gasteiger partial charge in [0, 0.05) is 29.3 Å². The van der Waals surface area contributed by atoms with Gasteiger partial charge in [0.1, 0.15) is 11.7 Å². The first-order valence-corrected chi connectivity index (χ1v) is 12.3. The largest absolute Gasteiger partial charge is 0.493 e. The molecule has 7 heteroatoms. The van der Waals surface area contributed by atoms with Gasteiger partial charge in [0.25, 0.3) is 0 Å². The van der Waals surface area contributed by atoms with E-state index >= 15 is 4.39 Å². The molecule has 0 saturated heterocycles. The maximum absolute atomic E-state index is 15.1. The molecule has 4 rings (SSSR count). The highest BCUT2D eigenvalue weighted by atomic mass is 19.1. The van der Waals surface area contributed by atoms with Crippen molar-refractivity contribution in [1.29, 1.82) is 0 Å². The molecule has 1 unspecified atom stereocenters. The number of ether oxygens (including phenoxy) is 3. The molecule has 0 spiro atoms. The van der Waals surface area contributed by atoms with Crippen LogP contribution in [-0.2, 0) is 14.3 Å². The Balaban J connectivity index is 1.75. The predicted octanol–water partition coefficient (Wildman–Crippen LogP) is 5.76. The van der Waals surface area contributed by atoms with Crippen molar-refractivity contribution in [2.45, 2.75) is 51.4 Å². The molecule has 2 aliphatic rings. The van der Waals surface area contributed by atoms with E-state index in [4.69, 9.17) is 19.2 Å². The second-order valence-electron chi connectivity index (χ2n) is 9.25. The van der Waals surface area contributed by atoms with Crippen molar-refractivity contribution in [1.82, 2.24) is 0 Å². The Hall–Kier alpha value is -3.48. The number of nitrogens with zero attached hydrogens (tertiary/aromatic N) is 1. The minimum atomic E-state index is -0.848. The Labute approximate surface area is 211 Å². The number of hydrogen-bond donors (Lipinski definition) is 0. The molecule has 0 N–H and O–H groups in total. The van der Waals surface area contributed by atoms with Crippen molar-refractivity contribution < 1.29 is 28.2 Å². The molecule has 3 atom stereocenters. The third-order valence-corrected chi connectivity index (χ3v) is 7.00. The van der Waals surface area contributed by atoms with Crippen molar-refractivity contribution in [3.8, 4) is 11.5 Å². The van der Waals surface area contributed by atoms with Crippen LogP contribution in [0.15, 0.2) is 58.7 Å². The van der Waals surface area contributed by atoms with E-state index in [2.05, 4.69) is 0 Å². The van der Waals surface area contributed by atoms with E-state index in [1.807, 2.05) is 25.1 Å². The zero-order valence-electron chi connectivity index (χ0n) is 21.2.